The number of hydrogen-bond donors (Lipinski definition) is 0. The Morgan fingerprint density at radius 2 is 1.88 bits per heavy atom. The van der Waals surface area contributed by atoms with Crippen LogP contribution in [0.25, 0.3) is 0 Å². The molecule has 0 aromatic carbocycles. The number of aryl methyl sites for hydroxylation is 1. The minimum absolute atomic E-state index is 0.410. The second-order valence-electron chi connectivity index (χ2n) is 6.17. The van der Waals surface area contributed by atoms with E-state index in [1.807, 2.05) is 20.1 Å². The highest BCUT2D eigenvalue weighted by Crippen LogP contribution is 2.24. The molecule has 1 fully saturated rings. The van der Waals surface area contributed by atoms with Crippen molar-refractivity contribution in [3.05, 3.63) is 29.5 Å². The molecule has 0 amide bonds. The highest BCUT2D eigenvalue weighted by atomic mass is 32.2. The molecule has 0 aliphatic carbocycles. The van der Waals surface area contributed by atoms with Crippen LogP contribution in [-0.2, 0) is 0 Å². The summed E-state index contributed by atoms with van der Waals surface area (Å²) in [7, 11) is 0. The van der Waals surface area contributed by atoms with Gasteiger partial charge in [-0.3, -0.25) is 0 Å². The summed E-state index contributed by atoms with van der Waals surface area (Å²) in [5, 5.41) is 0.737. The summed E-state index contributed by atoms with van der Waals surface area (Å²) in [6.07, 6.45) is 6.35. The quantitative estimate of drug-likeness (QED) is 0.597. The van der Waals surface area contributed by atoms with E-state index in [1.165, 1.54) is 24.2 Å². The van der Waals surface area contributed by atoms with Crippen molar-refractivity contribution in [2.45, 2.75) is 31.8 Å². The van der Waals surface area contributed by atoms with E-state index >= 15 is 0 Å². The molecule has 0 unspecified atom stereocenters. The molecule has 1 aliphatic rings. The molecule has 3 heterocycles. The first-order chi connectivity index (χ1) is 12.1. The van der Waals surface area contributed by atoms with Gasteiger partial charge in [0, 0.05) is 24.3 Å². The predicted molar refractivity (Wildman–Crippen MR) is 95.7 cm³/mol. The Bertz CT molecular complexity index is 720. The minimum Gasteiger partial charge on any atom is -0.477 e. The molecule has 8 heteroatoms. The number of aromatic nitrogens is 4. The molecule has 25 heavy (non-hydrogen) atoms. The van der Waals surface area contributed by atoms with Crippen LogP contribution in [0.4, 0.5) is 10.3 Å². The van der Waals surface area contributed by atoms with Crippen LogP contribution in [0.1, 0.15) is 24.1 Å². The third kappa shape index (κ3) is 4.36. The number of nitrogens with zero attached hydrogens (tertiary/aromatic N) is 5. The molecular formula is C17H22FN5OS. The third-order valence-corrected chi connectivity index (χ3v) is 5.01. The summed E-state index contributed by atoms with van der Waals surface area (Å²) in [5.74, 6) is 1.32. The summed E-state index contributed by atoms with van der Waals surface area (Å²) >= 11 is 1.52. The lowest BCUT2D eigenvalue weighted by Gasteiger charge is -2.31. The Morgan fingerprint density at radius 1 is 1.20 bits per heavy atom. The molecule has 0 saturated carbocycles. The predicted octanol–water partition coefficient (Wildman–Crippen LogP) is 3.04. The van der Waals surface area contributed by atoms with E-state index < -0.39 is 5.82 Å². The van der Waals surface area contributed by atoms with E-state index in [-0.39, 0.29) is 0 Å². The Hall–Kier alpha value is -1.96. The highest BCUT2D eigenvalue weighted by Gasteiger charge is 2.22. The van der Waals surface area contributed by atoms with Crippen LogP contribution in [0.5, 0.6) is 5.88 Å². The van der Waals surface area contributed by atoms with Gasteiger partial charge in [-0.1, -0.05) is 11.8 Å². The van der Waals surface area contributed by atoms with Crippen LogP contribution in [-0.4, -0.2) is 45.9 Å². The summed E-state index contributed by atoms with van der Waals surface area (Å²) in [5.41, 5.74) is 1.95. The smallest absolute Gasteiger partial charge is 0.225 e. The molecule has 2 aromatic rings. The number of rotatable bonds is 5. The van der Waals surface area contributed by atoms with E-state index in [0.717, 1.165) is 42.3 Å². The first-order valence-corrected chi connectivity index (χ1v) is 9.54. The summed E-state index contributed by atoms with van der Waals surface area (Å²) in [4.78, 5) is 19.1. The molecule has 1 aliphatic heterocycles. The molecule has 2 aromatic heterocycles. The van der Waals surface area contributed by atoms with Crippen molar-refractivity contribution in [3.8, 4) is 5.88 Å². The fourth-order valence-electron chi connectivity index (χ4n) is 2.77. The third-order valence-electron chi connectivity index (χ3n) is 4.47. The number of halogens is 1. The fourth-order valence-corrected chi connectivity index (χ4v) is 3.18. The SMILES string of the molecule is CSc1nc(C)c(C)c(OCC2CCN(c3ncc(F)cn3)CC2)n1. The van der Waals surface area contributed by atoms with E-state index in [0.29, 0.717) is 24.4 Å². The van der Waals surface area contributed by atoms with Gasteiger partial charge in [-0.15, -0.1) is 0 Å². The van der Waals surface area contributed by atoms with Crippen LogP contribution in [0.3, 0.4) is 0 Å². The van der Waals surface area contributed by atoms with Crippen LogP contribution in [0.2, 0.25) is 0 Å². The maximum atomic E-state index is 12.9. The lowest BCUT2D eigenvalue weighted by Crippen LogP contribution is -2.36. The summed E-state index contributed by atoms with van der Waals surface area (Å²) in [6.45, 7) is 6.30. The molecule has 1 saturated heterocycles. The normalized spacial score (nSPS) is 15.4. The van der Waals surface area contributed by atoms with Crippen LogP contribution in [0.15, 0.2) is 17.6 Å². The Morgan fingerprint density at radius 3 is 2.52 bits per heavy atom. The molecule has 3 rings (SSSR count). The number of piperidine rings is 1. The van der Waals surface area contributed by atoms with Crippen LogP contribution >= 0.6 is 11.8 Å². The van der Waals surface area contributed by atoms with Crippen LogP contribution < -0.4 is 9.64 Å². The van der Waals surface area contributed by atoms with Gasteiger partial charge in [-0.25, -0.2) is 19.3 Å². The fraction of sp³-hybridized carbons (Fsp3) is 0.529. The molecule has 0 N–H and O–H groups in total. The molecule has 0 spiro atoms. The van der Waals surface area contributed by atoms with Crippen molar-refractivity contribution < 1.29 is 9.13 Å². The molecule has 0 bridgehead atoms. The average Bonchev–Trinajstić information content (AvgIpc) is 2.64. The zero-order valence-corrected chi connectivity index (χ0v) is 15.5. The van der Waals surface area contributed by atoms with Crippen molar-refractivity contribution in [1.82, 2.24) is 19.9 Å². The van der Waals surface area contributed by atoms with Crippen LogP contribution in [0, 0.1) is 25.6 Å². The molecule has 134 valence electrons. The van der Waals surface area contributed by atoms with Crippen molar-refractivity contribution in [3.63, 3.8) is 0 Å². The maximum absolute atomic E-state index is 12.9. The number of ether oxygens (including phenoxy) is 1. The average molecular weight is 363 g/mol. The van der Waals surface area contributed by atoms with Gasteiger partial charge in [0.25, 0.3) is 0 Å². The Kier molecular flexibility index (Phi) is 5.67. The van der Waals surface area contributed by atoms with E-state index in [9.17, 15) is 4.39 Å². The van der Waals surface area contributed by atoms with E-state index in [2.05, 4.69) is 24.8 Å². The topological polar surface area (TPSA) is 64.0 Å². The van der Waals surface area contributed by atoms with Crippen molar-refractivity contribution >= 4 is 17.7 Å². The summed E-state index contributed by atoms with van der Waals surface area (Å²) < 4.78 is 18.9. The molecule has 0 atom stereocenters. The van der Waals surface area contributed by atoms with Gasteiger partial charge < -0.3 is 9.64 Å². The number of anilines is 1. The van der Waals surface area contributed by atoms with Crippen molar-refractivity contribution in [2.75, 3.05) is 30.9 Å². The molecule has 0 radical (unpaired) electrons. The second-order valence-corrected chi connectivity index (χ2v) is 6.94. The minimum atomic E-state index is -0.410. The van der Waals surface area contributed by atoms with Gasteiger partial charge in [0.1, 0.15) is 0 Å². The largest absolute Gasteiger partial charge is 0.477 e. The highest BCUT2D eigenvalue weighted by molar-refractivity contribution is 7.98. The summed E-state index contributed by atoms with van der Waals surface area (Å²) in [6, 6.07) is 0. The molecule has 6 nitrogen and oxygen atoms in total. The Labute approximate surface area is 151 Å². The maximum Gasteiger partial charge on any atom is 0.225 e. The lowest BCUT2D eigenvalue weighted by atomic mass is 9.98. The van der Waals surface area contributed by atoms with Gasteiger partial charge in [-0.05, 0) is 38.9 Å². The van der Waals surface area contributed by atoms with Gasteiger partial charge >= 0.3 is 0 Å². The zero-order valence-electron chi connectivity index (χ0n) is 14.7. The van der Waals surface area contributed by atoms with Gasteiger partial charge in [0.2, 0.25) is 11.8 Å². The van der Waals surface area contributed by atoms with E-state index in [1.54, 1.807) is 0 Å². The Balaban J connectivity index is 1.54. The first kappa shape index (κ1) is 17.8. The molecular weight excluding hydrogens is 341 g/mol. The van der Waals surface area contributed by atoms with Crippen molar-refractivity contribution in [2.24, 2.45) is 5.92 Å². The zero-order chi connectivity index (χ0) is 17.8. The second kappa shape index (κ2) is 7.95. The van der Waals surface area contributed by atoms with Gasteiger partial charge in [0.05, 0.1) is 19.0 Å². The van der Waals surface area contributed by atoms with E-state index in [4.69, 9.17) is 4.74 Å². The van der Waals surface area contributed by atoms with Crippen molar-refractivity contribution in [1.29, 1.82) is 0 Å². The van der Waals surface area contributed by atoms with Gasteiger partial charge in [0.15, 0.2) is 11.0 Å². The first-order valence-electron chi connectivity index (χ1n) is 8.31. The monoisotopic (exact) mass is 363 g/mol. The standard InChI is InChI=1S/C17H22FN5OS/c1-11-12(2)21-17(25-3)22-15(11)24-10-13-4-6-23(7-5-13)16-19-8-14(18)9-20-16/h8-9,13H,4-7,10H2,1-3H3. The lowest BCUT2D eigenvalue weighted by molar-refractivity contribution is 0.212. The number of hydrogen-bond acceptors (Lipinski definition) is 7. The van der Waals surface area contributed by atoms with Gasteiger partial charge in [-0.2, -0.15) is 4.98 Å². The number of thioether (sulfide) groups is 1.